The number of halogens is 12. The van der Waals surface area contributed by atoms with E-state index in [1.165, 1.54) is 0 Å². The van der Waals surface area contributed by atoms with Crippen LogP contribution in [0.4, 0.5) is 0 Å². The van der Waals surface area contributed by atoms with Gasteiger partial charge in [-0.1, -0.05) is 0 Å². The summed E-state index contributed by atoms with van der Waals surface area (Å²) in [7, 11) is 0. The van der Waals surface area contributed by atoms with Crippen molar-refractivity contribution in [3.8, 4) is 0 Å². The molecular weight excluding hydrogens is 730 g/mol. The van der Waals surface area contributed by atoms with Crippen LogP contribution in [-0.4, -0.2) is 24.0 Å². The van der Waals surface area contributed by atoms with Gasteiger partial charge in [-0.2, -0.15) is 0 Å². The Kier molecular flexibility index (Phi) is 14.3. The zero-order chi connectivity index (χ0) is 25.1. The van der Waals surface area contributed by atoms with Gasteiger partial charge in [0.15, 0.2) is 0 Å². The molecular formula is C16H22Cl12Si4. The van der Waals surface area contributed by atoms with Crippen molar-refractivity contribution in [2.75, 3.05) is 0 Å². The molecule has 0 spiro atoms. The Morgan fingerprint density at radius 1 is 0.375 bits per heavy atom. The second kappa shape index (κ2) is 13.6. The third-order valence-corrected chi connectivity index (χ3v) is 15.2. The van der Waals surface area contributed by atoms with Crippen LogP contribution in [0.2, 0.25) is 24.2 Å². The van der Waals surface area contributed by atoms with Crippen molar-refractivity contribution in [3.63, 3.8) is 0 Å². The number of hydrogen-bond acceptors (Lipinski definition) is 0. The van der Waals surface area contributed by atoms with Crippen LogP contribution >= 0.6 is 133 Å². The summed E-state index contributed by atoms with van der Waals surface area (Å²) < 4.78 is 0. The minimum absolute atomic E-state index is 0.481. The van der Waals surface area contributed by atoms with Gasteiger partial charge in [0.2, 0.25) is 0 Å². The third kappa shape index (κ3) is 13.4. The fraction of sp³-hybridized carbons (Fsp3) is 0.625. The predicted molar refractivity (Wildman–Crippen MR) is 163 cm³/mol. The van der Waals surface area contributed by atoms with Crippen LogP contribution in [-0.2, 0) is 25.7 Å². The van der Waals surface area contributed by atoms with E-state index in [2.05, 4.69) is 13.8 Å². The molecule has 0 aliphatic rings. The van der Waals surface area contributed by atoms with Crippen molar-refractivity contribution in [1.82, 2.24) is 0 Å². The molecule has 0 bridgehead atoms. The maximum absolute atomic E-state index is 6.20. The third-order valence-electron chi connectivity index (χ3n) is 5.17. The molecule has 0 aromatic heterocycles. The van der Waals surface area contributed by atoms with E-state index >= 15 is 0 Å². The Bertz CT molecular complexity index is 652. The second-order valence-electron chi connectivity index (χ2n) is 7.62. The molecule has 0 nitrogen and oxygen atoms in total. The van der Waals surface area contributed by atoms with Crippen LogP contribution in [0.5, 0.6) is 0 Å². The first-order chi connectivity index (χ1) is 14.2. The van der Waals surface area contributed by atoms with Crippen molar-refractivity contribution < 1.29 is 0 Å². The Balaban J connectivity index is 3.63. The molecule has 0 unspecified atom stereocenters. The highest BCUT2D eigenvalue weighted by molar-refractivity contribution is 7.66. The lowest BCUT2D eigenvalue weighted by atomic mass is 9.83. The monoisotopic (exact) mass is 746 g/mol. The summed E-state index contributed by atoms with van der Waals surface area (Å²) in [5.74, 6) is 0. The first-order valence-electron chi connectivity index (χ1n) is 9.60. The Morgan fingerprint density at radius 3 is 0.656 bits per heavy atom. The van der Waals surface area contributed by atoms with Crippen molar-refractivity contribution in [2.24, 2.45) is 0 Å². The maximum atomic E-state index is 6.20. The average Bonchev–Trinajstić information content (AvgIpc) is 2.55. The lowest BCUT2D eigenvalue weighted by molar-refractivity contribution is 0.920. The molecule has 32 heavy (non-hydrogen) atoms. The van der Waals surface area contributed by atoms with E-state index in [0.717, 1.165) is 33.4 Å². The maximum Gasteiger partial charge on any atom is 0.341 e. The highest BCUT2D eigenvalue weighted by Crippen LogP contribution is 2.39. The molecule has 1 aromatic carbocycles. The minimum atomic E-state index is -2.84. The molecule has 0 saturated carbocycles. The summed E-state index contributed by atoms with van der Waals surface area (Å²) in [5, 5.41) is 0. The highest BCUT2D eigenvalue weighted by atomic mass is 35.9. The highest BCUT2D eigenvalue weighted by Gasteiger charge is 2.32. The topological polar surface area (TPSA) is 0 Å². The van der Waals surface area contributed by atoms with E-state index < -0.39 is 24.0 Å². The molecule has 16 heteroatoms. The Labute approximate surface area is 251 Å². The van der Waals surface area contributed by atoms with Gasteiger partial charge in [0.25, 0.3) is 0 Å². The molecule has 0 saturated heterocycles. The average molecular weight is 752 g/mol. The molecule has 0 atom stereocenters. The molecule has 0 radical (unpaired) electrons. The summed E-state index contributed by atoms with van der Waals surface area (Å²) in [6, 6.07) is -9.43. The van der Waals surface area contributed by atoms with Crippen LogP contribution in [0.1, 0.15) is 33.4 Å². The summed E-state index contributed by atoms with van der Waals surface area (Å²) >= 11 is 74.4. The summed E-state index contributed by atoms with van der Waals surface area (Å²) in [4.78, 5) is 0. The first-order valence-corrected chi connectivity index (χ1v) is 30.6. The molecule has 0 N–H and O–H groups in total. The van der Waals surface area contributed by atoms with Gasteiger partial charge in [0.05, 0.1) is 0 Å². The second-order valence-corrected chi connectivity index (χ2v) is 44.7. The zero-order valence-electron chi connectivity index (χ0n) is 17.2. The standard InChI is InChI=1S/C16H22Cl12Si4/c1-11-13(3-7-29(17,18)19)15(5-9-31(23,24)25)12(2)16(6-10-32(26,27)28)14(11)4-8-30(20,21)22/h3-10H2,1-2H3. The van der Waals surface area contributed by atoms with Gasteiger partial charge in [-0.25, -0.2) is 0 Å². The van der Waals surface area contributed by atoms with E-state index in [-0.39, 0.29) is 0 Å². The molecule has 0 aliphatic heterocycles. The molecule has 0 fully saturated rings. The number of rotatable bonds is 12. The largest absolute Gasteiger partial charge is 0.341 e. The van der Waals surface area contributed by atoms with Gasteiger partial charge < -0.3 is 0 Å². The Morgan fingerprint density at radius 2 is 0.531 bits per heavy atom. The van der Waals surface area contributed by atoms with Gasteiger partial charge in [-0.05, 0) is 97.1 Å². The van der Waals surface area contributed by atoms with E-state index in [9.17, 15) is 0 Å². The smallest absolute Gasteiger partial charge is 0.126 e. The molecule has 1 rings (SSSR count). The lowest BCUT2D eigenvalue weighted by Crippen LogP contribution is -2.19. The van der Waals surface area contributed by atoms with E-state index in [4.69, 9.17) is 133 Å². The predicted octanol–water partition coefficient (Wildman–Crippen LogP) is 11.1. The van der Waals surface area contributed by atoms with Crippen LogP contribution in [0.3, 0.4) is 0 Å². The van der Waals surface area contributed by atoms with E-state index in [1.807, 2.05) is 0 Å². The number of hydrogen-bond donors (Lipinski definition) is 0. The van der Waals surface area contributed by atoms with Gasteiger partial charge in [-0.15, -0.1) is 133 Å². The van der Waals surface area contributed by atoms with Crippen LogP contribution in [0.25, 0.3) is 0 Å². The normalized spacial score (nSPS) is 13.7. The fourth-order valence-electron chi connectivity index (χ4n) is 3.69. The van der Waals surface area contributed by atoms with Crippen molar-refractivity contribution >= 4 is 157 Å². The number of benzene rings is 1. The zero-order valence-corrected chi connectivity index (χ0v) is 30.3. The van der Waals surface area contributed by atoms with Crippen molar-refractivity contribution in [2.45, 2.75) is 63.7 Å². The first kappa shape index (κ1) is 33.6. The van der Waals surface area contributed by atoms with E-state index in [0.29, 0.717) is 49.9 Å². The summed E-state index contributed by atoms with van der Waals surface area (Å²) in [6.45, 7) is 4.10. The van der Waals surface area contributed by atoms with Gasteiger partial charge in [0.1, 0.15) is 0 Å². The van der Waals surface area contributed by atoms with Gasteiger partial charge in [0, 0.05) is 0 Å². The van der Waals surface area contributed by atoms with Crippen LogP contribution < -0.4 is 0 Å². The van der Waals surface area contributed by atoms with E-state index in [1.54, 1.807) is 0 Å². The van der Waals surface area contributed by atoms with Crippen LogP contribution in [0.15, 0.2) is 0 Å². The lowest BCUT2D eigenvalue weighted by Gasteiger charge is -2.26. The minimum Gasteiger partial charge on any atom is -0.126 e. The molecule has 0 aliphatic carbocycles. The van der Waals surface area contributed by atoms with Crippen molar-refractivity contribution in [1.29, 1.82) is 0 Å². The molecule has 0 heterocycles. The molecule has 0 amide bonds. The fourth-order valence-corrected chi connectivity index (χ4v) is 9.23. The van der Waals surface area contributed by atoms with Crippen LogP contribution in [0, 0.1) is 13.8 Å². The summed E-state index contributed by atoms with van der Waals surface area (Å²) in [6.07, 6.45) is 2.46. The van der Waals surface area contributed by atoms with Gasteiger partial charge >= 0.3 is 24.0 Å². The quantitative estimate of drug-likeness (QED) is 0.147. The molecule has 1 aromatic rings. The SMILES string of the molecule is Cc1c(CC[Si](Cl)(Cl)Cl)c(CC[Si](Cl)(Cl)Cl)c(C)c(CC[Si](Cl)(Cl)Cl)c1CC[Si](Cl)(Cl)Cl. The van der Waals surface area contributed by atoms with Crippen molar-refractivity contribution in [3.05, 3.63) is 33.4 Å². The van der Waals surface area contributed by atoms with Gasteiger partial charge in [-0.3, -0.25) is 0 Å². The molecule has 186 valence electrons. The summed E-state index contributed by atoms with van der Waals surface area (Å²) in [5.41, 5.74) is 6.62. The Hall–Kier alpha value is 3.57.